The number of methoxy groups -OCH3 is 2. The number of hydrogen-bond donors (Lipinski definition) is 2. The molecule has 0 saturated carbocycles. The van der Waals surface area contributed by atoms with Crippen LogP contribution in [0.5, 0.6) is 0 Å². The van der Waals surface area contributed by atoms with Gasteiger partial charge in [0.1, 0.15) is 0 Å². The fraction of sp³-hybridized carbons (Fsp3) is 0.889. The Bertz CT molecular complexity index is 449. The van der Waals surface area contributed by atoms with Crippen LogP contribution < -0.4 is 10.6 Å². The Morgan fingerprint density at radius 3 is 2.26 bits per heavy atom. The first-order valence-corrected chi connectivity index (χ1v) is 9.28. The van der Waals surface area contributed by atoms with Crippen molar-refractivity contribution in [3.63, 3.8) is 0 Å². The van der Waals surface area contributed by atoms with E-state index in [-0.39, 0.29) is 41.4 Å². The highest BCUT2D eigenvalue weighted by Gasteiger charge is 2.26. The van der Waals surface area contributed by atoms with Gasteiger partial charge in [-0.2, -0.15) is 0 Å². The minimum absolute atomic E-state index is 0. The predicted molar refractivity (Wildman–Crippen MR) is 120 cm³/mol. The van der Waals surface area contributed by atoms with Crippen molar-refractivity contribution >= 4 is 35.8 Å². The van der Waals surface area contributed by atoms with Crippen LogP contribution in [0.2, 0.25) is 0 Å². The first-order chi connectivity index (χ1) is 12.3. The molecule has 0 spiro atoms. The average molecular weight is 499 g/mol. The third-order valence-electron chi connectivity index (χ3n) is 4.58. The van der Waals surface area contributed by atoms with E-state index in [1.54, 1.807) is 21.3 Å². The smallest absolute Gasteiger partial charge is 0.234 e. The summed E-state index contributed by atoms with van der Waals surface area (Å²) in [5.41, 5.74) is 0.0650. The summed E-state index contributed by atoms with van der Waals surface area (Å²) in [5.74, 6) is 0.937. The van der Waals surface area contributed by atoms with Crippen LogP contribution in [0.1, 0.15) is 20.8 Å². The molecule has 0 radical (unpaired) electrons. The maximum Gasteiger partial charge on any atom is 0.234 e. The SMILES string of the molecule is CN=C(NCC(OC)C(C)(C)C)N1CCN(CC(=O)NCCOC)CC1.I. The third kappa shape index (κ3) is 9.91. The van der Waals surface area contributed by atoms with Crippen molar-refractivity contribution in [2.75, 3.05) is 73.7 Å². The zero-order chi connectivity index (χ0) is 19.6. The Labute approximate surface area is 181 Å². The van der Waals surface area contributed by atoms with Gasteiger partial charge in [0.15, 0.2) is 5.96 Å². The molecule has 2 N–H and O–H groups in total. The van der Waals surface area contributed by atoms with Crippen LogP contribution in [-0.4, -0.2) is 101 Å². The van der Waals surface area contributed by atoms with Crippen LogP contribution in [0.25, 0.3) is 0 Å². The minimum atomic E-state index is 0. The highest BCUT2D eigenvalue weighted by atomic mass is 127. The molecule has 1 amide bonds. The number of nitrogens with zero attached hydrogens (tertiary/aromatic N) is 3. The Hall–Kier alpha value is -0.650. The molecule has 1 aliphatic heterocycles. The zero-order valence-electron chi connectivity index (χ0n) is 17.7. The van der Waals surface area contributed by atoms with Gasteiger partial charge in [0, 0.05) is 60.5 Å². The largest absolute Gasteiger partial charge is 0.383 e. The summed E-state index contributed by atoms with van der Waals surface area (Å²) >= 11 is 0. The second-order valence-electron chi connectivity index (χ2n) is 7.62. The fourth-order valence-electron chi connectivity index (χ4n) is 2.93. The maximum absolute atomic E-state index is 11.9. The number of amides is 1. The predicted octanol–water partition coefficient (Wildman–Crippen LogP) is 0.621. The van der Waals surface area contributed by atoms with Gasteiger partial charge in [0.2, 0.25) is 5.91 Å². The number of carbonyl (C=O) groups is 1. The summed E-state index contributed by atoms with van der Waals surface area (Å²) in [6.07, 6.45) is 0.108. The van der Waals surface area contributed by atoms with Gasteiger partial charge in [-0.1, -0.05) is 20.8 Å². The molecule has 9 heteroatoms. The molecule has 0 aromatic carbocycles. The molecule has 8 nitrogen and oxygen atoms in total. The molecular weight excluding hydrogens is 461 g/mol. The van der Waals surface area contributed by atoms with Gasteiger partial charge in [-0.3, -0.25) is 14.7 Å². The van der Waals surface area contributed by atoms with Crippen molar-refractivity contribution < 1.29 is 14.3 Å². The molecule has 160 valence electrons. The van der Waals surface area contributed by atoms with Crippen LogP contribution >= 0.6 is 24.0 Å². The molecule has 1 rings (SSSR count). The lowest BCUT2D eigenvalue weighted by Crippen LogP contribution is -2.55. The highest BCUT2D eigenvalue weighted by molar-refractivity contribution is 14.0. The average Bonchev–Trinajstić information content (AvgIpc) is 2.59. The number of hydrogen-bond acceptors (Lipinski definition) is 5. The maximum atomic E-state index is 11.9. The summed E-state index contributed by atoms with van der Waals surface area (Å²) in [7, 11) is 5.18. The monoisotopic (exact) mass is 499 g/mol. The molecular formula is C18H38IN5O3. The number of nitrogens with one attached hydrogen (secondary N) is 2. The standard InChI is InChI=1S/C18H37N5O3.HI/c1-18(2,3)15(26-6)13-21-17(19-4)23-10-8-22(9-11-23)14-16(24)20-7-12-25-5;/h15H,7-14H2,1-6H3,(H,19,21)(H,20,24);1H. The number of aliphatic imine (C=N–C) groups is 1. The Kier molecular flexibility index (Phi) is 13.2. The lowest BCUT2D eigenvalue weighted by molar-refractivity contribution is -0.122. The van der Waals surface area contributed by atoms with Crippen LogP contribution in [-0.2, 0) is 14.3 Å². The van der Waals surface area contributed by atoms with Gasteiger partial charge in [0.25, 0.3) is 0 Å². The number of carbonyl (C=O) groups excluding carboxylic acids is 1. The van der Waals surface area contributed by atoms with Crippen LogP contribution in [0.15, 0.2) is 4.99 Å². The Morgan fingerprint density at radius 1 is 1.15 bits per heavy atom. The van der Waals surface area contributed by atoms with E-state index in [0.717, 1.165) is 38.7 Å². The summed E-state index contributed by atoms with van der Waals surface area (Å²) in [6, 6.07) is 0. The summed E-state index contributed by atoms with van der Waals surface area (Å²) in [6.45, 7) is 12.1. The number of piperazine rings is 1. The molecule has 1 atom stereocenters. The Morgan fingerprint density at radius 2 is 1.78 bits per heavy atom. The zero-order valence-corrected chi connectivity index (χ0v) is 20.0. The van der Waals surface area contributed by atoms with E-state index in [0.29, 0.717) is 19.7 Å². The van der Waals surface area contributed by atoms with Crippen molar-refractivity contribution in [1.29, 1.82) is 0 Å². The summed E-state index contributed by atoms with van der Waals surface area (Å²) in [4.78, 5) is 20.7. The minimum Gasteiger partial charge on any atom is -0.383 e. The van der Waals surface area contributed by atoms with Gasteiger partial charge in [0.05, 0.1) is 19.3 Å². The molecule has 1 fully saturated rings. The number of rotatable bonds is 8. The van der Waals surface area contributed by atoms with E-state index in [9.17, 15) is 4.79 Å². The number of ether oxygens (including phenoxy) is 2. The number of halogens is 1. The molecule has 0 aromatic heterocycles. The molecule has 27 heavy (non-hydrogen) atoms. The van der Waals surface area contributed by atoms with Crippen molar-refractivity contribution in [2.24, 2.45) is 10.4 Å². The molecule has 1 saturated heterocycles. The van der Waals surface area contributed by atoms with Crippen molar-refractivity contribution in [3.05, 3.63) is 0 Å². The number of guanidine groups is 1. The van der Waals surface area contributed by atoms with E-state index in [4.69, 9.17) is 9.47 Å². The van der Waals surface area contributed by atoms with E-state index < -0.39 is 0 Å². The molecule has 1 heterocycles. The van der Waals surface area contributed by atoms with Gasteiger partial charge in [-0.05, 0) is 5.41 Å². The van der Waals surface area contributed by atoms with Gasteiger partial charge in [-0.25, -0.2) is 0 Å². The lowest BCUT2D eigenvalue weighted by atomic mass is 9.89. The summed E-state index contributed by atoms with van der Waals surface area (Å²) < 4.78 is 10.5. The van der Waals surface area contributed by atoms with E-state index in [1.165, 1.54) is 0 Å². The first kappa shape index (κ1) is 26.4. The Balaban J connectivity index is 0.00000676. The fourth-order valence-corrected chi connectivity index (χ4v) is 2.93. The van der Waals surface area contributed by atoms with E-state index >= 15 is 0 Å². The van der Waals surface area contributed by atoms with Gasteiger partial charge < -0.3 is 25.0 Å². The van der Waals surface area contributed by atoms with E-state index in [1.807, 2.05) is 0 Å². The van der Waals surface area contributed by atoms with Gasteiger partial charge in [-0.15, -0.1) is 24.0 Å². The van der Waals surface area contributed by atoms with Crippen molar-refractivity contribution in [2.45, 2.75) is 26.9 Å². The quantitative estimate of drug-likeness (QED) is 0.221. The van der Waals surface area contributed by atoms with Gasteiger partial charge >= 0.3 is 0 Å². The second kappa shape index (κ2) is 13.5. The highest BCUT2D eigenvalue weighted by Crippen LogP contribution is 2.21. The molecule has 0 aromatic rings. The molecule has 1 unspecified atom stereocenters. The van der Waals surface area contributed by atoms with Crippen LogP contribution in [0.3, 0.4) is 0 Å². The normalized spacial score (nSPS) is 17.3. The van der Waals surface area contributed by atoms with E-state index in [2.05, 4.69) is 46.2 Å². The van der Waals surface area contributed by atoms with Crippen LogP contribution in [0, 0.1) is 5.41 Å². The van der Waals surface area contributed by atoms with Crippen molar-refractivity contribution in [3.8, 4) is 0 Å². The second-order valence-corrected chi connectivity index (χ2v) is 7.62. The molecule has 0 aliphatic carbocycles. The van der Waals surface area contributed by atoms with Crippen molar-refractivity contribution in [1.82, 2.24) is 20.4 Å². The third-order valence-corrected chi connectivity index (χ3v) is 4.58. The summed E-state index contributed by atoms with van der Waals surface area (Å²) in [5, 5.41) is 6.29. The molecule has 0 bridgehead atoms. The lowest BCUT2D eigenvalue weighted by Gasteiger charge is -2.37. The van der Waals surface area contributed by atoms with Crippen LogP contribution in [0.4, 0.5) is 0 Å². The topological polar surface area (TPSA) is 78.4 Å². The first-order valence-electron chi connectivity index (χ1n) is 9.28. The molecule has 1 aliphatic rings.